The fourth-order valence-corrected chi connectivity index (χ4v) is 1.14. The summed E-state index contributed by atoms with van der Waals surface area (Å²) in [5.74, 6) is 0.652. The second-order valence-electron chi connectivity index (χ2n) is 2.65. The Bertz CT molecular complexity index is 421. The molecule has 2 heterocycles. The van der Waals surface area contributed by atoms with Crippen LogP contribution < -0.4 is 11.5 Å². The zero-order valence-electron chi connectivity index (χ0n) is 7.25. The predicted molar refractivity (Wildman–Crippen MR) is 51.9 cm³/mol. The Balaban J connectivity index is 2.63. The highest BCUT2D eigenvalue weighted by molar-refractivity contribution is 5.81. The Hall–Kier alpha value is -2.24. The second-order valence-corrected chi connectivity index (χ2v) is 2.65. The normalized spacial score (nSPS) is 10.0. The van der Waals surface area contributed by atoms with Crippen LogP contribution in [0.3, 0.4) is 0 Å². The highest BCUT2D eigenvalue weighted by Gasteiger charge is 2.08. The lowest BCUT2D eigenvalue weighted by Gasteiger charge is -2.05. The lowest BCUT2D eigenvalue weighted by molar-refractivity contribution is 1.15. The van der Waals surface area contributed by atoms with Crippen LogP contribution in [0.1, 0.15) is 0 Å². The van der Waals surface area contributed by atoms with Crippen LogP contribution in [-0.2, 0) is 0 Å². The van der Waals surface area contributed by atoms with Crippen molar-refractivity contribution in [2.45, 2.75) is 0 Å². The van der Waals surface area contributed by atoms with Gasteiger partial charge in [0.1, 0.15) is 24.3 Å². The molecule has 4 N–H and O–H groups in total. The number of rotatable bonds is 1. The minimum absolute atomic E-state index is 0.326. The summed E-state index contributed by atoms with van der Waals surface area (Å²) >= 11 is 0. The standard InChI is InChI=1S/C8H8N6/c9-7-6(8(10)14-4-13-7)5-1-11-3-12-2-5/h1-4H,(H4,9,10,13,14). The van der Waals surface area contributed by atoms with Gasteiger partial charge in [0.15, 0.2) is 0 Å². The van der Waals surface area contributed by atoms with E-state index in [1.54, 1.807) is 12.4 Å². The summed E-state index contributed by atoms with van der Waals surface area (Å²) in [7, 11) is 0. The molecule has 0 saturated heterocycles. The molecule has 6 nitrogen and oxygen atoms in total. The molecular formula is C8H8N6. The smallest absolute Gasteiger partial charge is 0.136 e. The van der Waals surface area contributed by atoms with E-state index >= 15 is 0 Å². The fraction of sp³-hybridized carbons (Fsp3) is 0. The first-order chi connectivity index (χ1) is 6.79. The van der Waals surface area contributed by atoms with Crippen molar-refractivity contribution in [3.8, 4) is 11.1 Å². The first kappa shape index (κ1) is 8.36. The molecule has 0 aromatic carbocycles. The molecule has 0 bridgehead atoms. The van der Waals surface area contributed by atoms with E-state index in [4.69, 9.17) is 11.5 Å². The van der Waals surface area contributed by atoms with Crippen LogP contribution in [-0.4, -0.2) is 19.9 Å². The number of hydrogen-bond donors (Lipinski definition) is 2. The minimum atomic E-state index is 0.326. The molecular weight excluding hydrogens is 180 g/mol. The van der Waals surface area contributed by atoms with E-state index < -0.39 is 0 Å². The average Bonchev–Trinajstić information content (AvgIpc) is 2.19. The van der Waals surface area contributed by atoms with Gasteiger partial charge in [0, 0.05) is 18.0 Å². The average molecular weight is 188 g/mol. The van der Waals surface area contributed by atoms with Gasteiger partial charge in [-0.05, 0) is 0 Å². The Morgan fingerprint density at radius 2 is 1.43 bits per heavy atom. The lowest BCUT2D eigenvalue weighted by atomic mass is 10.1. The Kier molecular flexibility index (Phi) is 1.94. The van der Waals surface area contributed by atoms with E-state index in [0.29, 0.717) is 22.8 Å². The summed E-state index contributed by atoms with van der Waals surface area (Å²) in [6.07, 6.45) is 5.97. The molecule has 0 atom stereocenters. The number of hydrogen-bond acceptors (Lipinski definition) is 6. The minimum Gasteiger partial charge on any atom is -0.383 e. The van der Waals surface area contributed by atoms with Gasteiger partial charge in [-0.25, -0.2) is 19.9 Å². The zero-order valence-corrected chi connectivity index (χ0v) is 7.25. The summed E-state index contributed by atoms with van der Waals surface area (Å²) in [6, 6.07) is 0. The highest BCUT2D eigenvalue weighted by atomic mass is 15.0. The monoisotopic (exact) mass is 188 g/mol. The van der Waals surface area contributed by atoms with Crippen LogP contribution in [0.4, 0.5) is 11.6 Å². The maximum Gasteiger partial charge on any atom is 0.136 e. The molecule has 0 aliphatic carbocycles. The van der Waals surface area contributed by atoms with Crippen LogP contribution >= 0.6 is 0 Å². The fourth-order valence-electron chi connectivity index (χ4n) is 1.14. The zero-order chi connectivity index (χ0) is 9.97. The summed E-state index contributed by atoms with van der Waals surface area (Å²) in [5.41, 5.74) is 12.6. The van der Waals surface area contributed by atoms with Gasteiger partial charge in [0.05, 0.1) is 5.56 Å². The van der Waals surface area contributed by atoms with Crippen molar-refractivity contribution in [3.05, 3.63) is 25.0 Å². The Morgan fingerprint density at radius 1 is 0.857 bits per heavy atom. The van der Waals surface area contributed by atoms with Crippen molar-refractivity contribution < 1.29 is 0 Å². The van der Waals surface area contributed by atoms with Gasteiger partial charge in [-0.15, -0.1) is 0 Å². The van der Waals surface area contributed by atoms with Gasteiger partial charge < -0.3 is 11.5 Å². The van der Waals surface area contributed by atoms with Crippen molar-refractivity contribution in [2.24, 2.45) is 0 Å². The Morgan fingerprint density at radius 3 is 2.00 bits per heavy atom. The molecule has 0 fully saturated rings. The molecule has 0 radical (unpaired) electrons. The molecule has 2 rings (SSSR count). The third kappa shape index (κ3) is 1.33. The highest BCUT2D eigenvalue weighted by Crippen LogP contribution is 2.26. The predicted octanol–water partition coefficient (Wildman–Crippen LogP) is 0.0980. The third-order valence-corrected chi connectivity index (χ3v) is 1.76. The molecule has 6 heteroatoms. The number of nitrogens with two attached hydrogens (primary N) is 2. The van der Waals surface area contributed by atoms with Gasteiger partial charge in [0.2, 0.25) is 0 Å². The number of nitrogens with zero attached hydrogens (tertiary/aromatic N) is 4. The van der Waals surface area contributed by atoms with E-state index in [2.05, 4.69) is 19.9 Å². The van der Waals surface area contributed by atoms with Crippen LogP contribution in [0.2, 0.25) is 0 Å². The molecule has 2 aromatic rings. The van der Waals surface area contributed by atoms with E-state index in [1.807, 2.05) is 0 Å². The van der Waals surface area contributed by atoms with Crippen molar-refractivity contribution in [1.82, 2.24) is 19.9 Å². The van der Waals surface area contributed by atoms with Crippen molar-refractivity contribution in [3.63, 3.8) is 0 Å². The van der Waals surface area contributed by atoms with E-state index in [1.165, 1.54) is 12.7 Å². The van der Waals surface area contributed by atoms with Crippen LogP contribution in [0.25, 0.3) is 11.1 Å². The number of anilines is 2. The van der Waals surface area contributed by atoms with Crippen molar-refractivity contribution in [1.29, 1.82) is 0 Å². The molecule has 0 aliphatic rings. The first-order valence-electron chi connectivity index (χ1n) is 3.90. The van der Waals surface area contributed by atoms with Crippen LogP contribution in [0, 0.1) is 0 Å². The number of aromatic nitrogens is 4. The quantitative estimate of drug-likeness (QED) is 0.657. The molecule has 0 spiro atoms. The summed E-state index contributed by atoms with van der Waals surface area (Å²) in [5, 5.41) is 0. The van der Waals surface area contributed by atoms with Crippen molar-refractivity contribution >= 4 is 11.6 Å². The summed E-state index contributed by atoms with van der Waals surface area (Å²) < 4.78 is 0. The largest absolute Gasteiger partial charge is 0.383 e. The van der Waals surface area contributed by atoms with Crippen LogP contribution in [0.5, 0.6) is 0 Å². The first-order valence-corrected chi connectivity index (χ1v) is 3.90. The Labute approximate surface area is 80.0 Å². The van der Waals surface area contributed by atoms with Gasteiger partial charge >= 0.3 is 0 Å². The van der Waals surface area contributed by atoms with Crippen LogP contribution in [0.15, 0.2) is 25.0 Å². The molecule has 0 amide bonds. The van der Waals surface area contributed by atoms with Gasteiger partial charge in [-0.3, -0.25) is 0 Å². The molecule has 0 aliphatic heterocycles. The molecule has 2 aromatic heterocycles. The molecule has 70 valence electrons. The number of nitrogen functional groups attached to an aromatic ring is 2. The summed E-state index contributed by atoms with van der Waals surface area (Å²) in [6.45, 7) is 0. The van der Waals surface area contributed by atoms with Gasteiger partial charge in [0.25, 0.3) is 0 Å². The molecule has 14 heavy (non-hydrogen) atoms. The third-order valence-electron chi connectivity index (χ3n) is 1.76. The lowest BCUT2D eigenvalue weighted by Crippen LogP contribution is -2.01. The maximum atomic E-state index is 5.67. The van der Waals surface area contributed by atoms with Gasteiger partial charge in [-0.1, -0.05) is 0 Å². The van der Waals surface area contributed by atoms with Gasteiger partial charge in [-0.2, -0.15) is 0 Å². The summed E-state index contributed by atoms with van der Waals surface area (Å²) in [4.78, 5) is 15.4. The topological polar surface area (TPSA) is 104 Å². The van der Waals surface area contributed by atoms with E-state index in [0.717, 1.165) is 0 Å². The SMILES string of the molecule is Nc1ncnc(N)c1-c1cncnc1. The maximum absolute atomic E-state index is 5.67. The van der Waals surface area contributed by atoms with Crippen molar-refractivity contribution in [2.75, 3.05) is 11.5 Å². The molecule has 0 saturated carbocycles. The van der Waals surface area contributed by atoms with E-state index in [9.17, 15) is 0 Å². The second kappa shape index (κ2) is 3.25. The van der Waals surface area contributed by atoms with E-state index in [-0.39, 0.29) is 0 Å². The molecule has 0 unspecified atom stereocenters.